The Morgan fingerprint density at radius 1 is 1.24 bits per heavy atom. The van der Waals surface area contributed by atoms with Crippen molar-refractivity contribution in [2.75, 3.05) is 6.79 Å². The largest absolute Gasteiger partial charge is 0.454 e. The van der Waals surface area contributed by atoms with Crippen LogP contribution in [0.1, 0.15) is 24.2 Å². The van der Waals surface area contributed by atoms with Crippen molar-refractivity contribution in [2.45, 2.75) is 19.9 Å². The molecule has 1 heterocycles. The molecule has 0 aliphatic carbocycles. The number of amides is 1. The average Bonchev–Trinajstić information content (AvgIpc) is 2.73. The maximum absolute atomic E-state index is 11.8. The van der Waals surface area contributed by atoms with Gasteiger partial charge in [0.05, 0.1) is 0 Å². The van der Waals surface area contributed by atoms with E-state index in [2.05, 4.69) is 5.32 Å². The Balaban J connectivity index is 2.17. The Morgan fingerprint density at radius 2 is 1.94 bits per heavy atom. The van der Waals surface area contributed by atoms with Gasteiger partial charge < -0.3 is 14.8 Å². The number of benzene rings is 1. The molecule has 1 amide bonds. The minimum atomic E-state index is -0.612. The molecule has 0 atom stereocenters. The number of fused-ring (bicyclic) bond motifs is 1. The van der Waals surface area contributed by atoms with Crippen LogP contribution in [-0.4, -0.2) is 24.5 Å². The first-order valence-corrected chi connectivity index (χ1v) is 5.33. The van der Waals surface area contributed by atoms with Crippen LogP contribution >= 0.6 is 0 Å². The van der Waals surface area contributed by atoms with Crippen LogP contribution in [0.3, 0.4) is 0 Å². The monoisotopic (exact) mass is 235 g/mol. The van der Waals surface area contributed by atoms with Gasteiger partial charge in [-0.1, -0.05) is 0 Å². The molecule has 0 fully saturated rings. The molecule has 17 heavy (non-hydrogen) atoms. The number of rotatable bonds is 3. The second-order valence-corrected chi connectivity index (χ2v) is 4.03. The molecule has 1 aliphatic rings. The summed E-state index contributed by atoms with van der Waals surface area (Å²) in [4.78, 5) is 23.3. The van der Waals surface area contributed by atoms with Gasteiger partial charge >= 0.3 is 0 Å². The predicted molar refractivity (Wildman–Crippen MR) is 60.2 cm³/mol. The Bertz CT molecular complexity index is 468. The number of ether oxygens (including phenoxy) is 2. The second-order valence-electron chi connectivity index (χ2n) is 4.03. The normalized spacial score (nSPS) is 12.6. The first kappa shape index (κ1) is 11.4. The fourth-order valence-corrected chi connectivity index (χ4v) is 1.50. The highest BCUT2D eigenvalue weighted by atomic mass is 16.7. The van der Waals surface area contributed by atoms with Crippen LogP contribution in [0.5, 0.6) is 11.5 Å². The van der Waals surface area contributed by atoms with Gasteiger partial charge in [-0.3, -0.25) is 9.59 Å². The van der Waals surface area contributed by atoms with Crippen molar-refractivity contribution in [1.29, 1.82) is 0 Å². The molecule has 1 aromatic carbocycles. The summed E-state index contributed by atoms with van der Waals surface area (Å²) < 4.78 is 10.3. The smallest absolute Gasteiger partial charge is 0.292 e. The molecule has 1 aromatic rings. The number of carbonyl (C=O) groups is 2. The van der Waals surface area contributed by atoms with Gasteiger partial charge in [-0.25, -0.2) is 0 Å². The molecule has 2 rings (SSSR count). The molecule has 0 radical (unpaired) electrons. The van der Waals surface area contributed by atoms with Crippen LogP contribution < -0.4 is 14.8 Å². The molecular weight excluding hydrogens is 222 g/mol. The van der Waals surface area contributed by atoms with Gasteiger partial charge in [-0.2, -0.15) is 0 Å². The fourth-order valence-electron chi connectivity index (χ4n) is 1.50. The quantitative estimate of drug-likeness (QED) is 0.630. The Morgan fingerprint density at radius 3 is 2.65 bits per heavy atom. The lowest BCUT2D eigenvalue weighted by Crippen LogP contribution is -2.35. The van der Waals surface area contributed by atoms with Crippen LogP contribution in [-0.2, 0) is 4.79 Å². The van der Waals surface area contributed by atoms with Gasteiger partial charge in [-0.15, -0.1) is 0 Å². The number of hydrogen-bond acceptors (Lipinski definition) is 4. The SMILES string of the molecule is CC(C)NC(=O)C(=O)c1ccc2c(c1)OCO2. The summed E-state index contributed by atoms with van der Waals surface area (Å²) in [6.45, 7) is 3.74. The van der Waals surface area contributed by atoms with E-state index >= 15 is 0 Å². The highest BCUT2D eigenvalue weighted by Gasteiger charge is 2.20. The highest BCUT2D eigenvalue weighted by molar-refractivity contribution is 6.42. The number of hydrogen-bond donors (Lipinski definition) is 1. The Labute approximate surface area is 98.7 Å². The van der Waals surface area contributed by atoms with Crippen LogP contribution in [0.15, 0.2) is 18.2 Å². The van der Waals surface area contributed by atoms with Crippen molar-refractivity contribution >= 4 is 11.7 Å². The minimum absolute atomic E-state index is 0.0690. The lowest BCUT2D eigenvalue weighted by atomic mass is 10.1. The summed E-state index contributed by atoms with van der Waals surface area (Å²) in [5, 5.41) is 2.55. The summed E-state index contributed by atoms with van der Waals surface area (Å²) in [6, 6.07) is 4.62. The molecule has 0 aromatic heterocycles. The van der Waals surface area contributed by atoms with Gasteiger partial charge in [0, 0.05) is 11.6 Å². The number of Topliss-reactive ketones (excluding diaryl/α,β-unsaturated/α-hetero) is 1. The number of ketones is 1. The maximum atomic E-state index is 11.8. The van der Waals surface area contributed by atoms with Crippen molar-refractivity contribution in [3.63, 3.8) is 0 Å². The third kappa shape index (κ3) is 2.38. The first-order valence-electron chi connectivity index (χ1n) is 5.33. The van der Waals surface area contributed by atoms with E-state index in [1.165, 1.54) is 6.07 Å². The lowest BCUT2D eigenvalue weighted by molar-refractivity contribution is -0.117. The molecule has 1 N–H and O–H groups in total. The van der Waals surface area contributed by atoms with Crippen molar-refractivity contribution in [1.82, 2.24) is 5.32 Å². The van der Waals surface area contributed by atoms with Crippen molar-refractivity contribution in [2.24, 2.45) is 0 Å². The topological polar surface area (TPSA) is 64.6 Å². The summed E-state index contributed by atoms with van der Waals surface area (Å²) in [5.74, 6) is -0.102. The maximum Gasteiger partial charge on any atom is 0.292 e. The van der Waals surface area contributed by atoms with E-state index in [1.807, 2.05) is 0 Å². The Hall–Kier alpha value is -2.04. The molecule has 5 heteroatoms. The first-order chi connectivity index (χ1) is 8.08. The molecule has 90 valence electrons. The number of nitrogens with one attached hydrogen (secondary N) is 1. The van der Waals surface area contributed by atoms with Crippen LogP contribution in [0.25, 0.3) is 0 Å². The Kier molecular flexibility index (Phi) is 2.99. The molecular formula is C12H13NO4. The van der Waals surface area contributed by atoms with E-state index < -0.39 is 11.7 Å². The minimum Gasteiger partial charge on any atom is -0.454 e. The zero-order valence-corrected chi connectivity index (χ0v) is 9.65. The molecule has 1 aliphatic heterocycles. The van der Waals surface area contributed by atoms with Gasteiger partial charge in [0.25, 0.3) is 5.91 Å². The summed E-state index contributed by atoms with van der Waals surface area (Å²) in [5.41, 5.74) is 0.299. The number of carbonyl (C=O) groups excluding carboxylic acids is 2. The van der Waals surface area contributed by atoms with Crippen LogP contribution in [0, 0.1) is 0 Å². The van der Waals surface area contributed by atoms with E-state index in [1.54, 1.807) is 26.0 Å². The van der Waals surface area contributed by atoms with E-state index in [0.717, 1.165) is 0 Å². The third-order valence-corrected chi connectivity index (χ3v) is 2.26. The third-order valence-electron chi connectivity index (χ3n) is 2.26. The zero-order chi connectivity index (χ0) is 12.4. The molecule has 0 saturated carbocycles. The van der Waals surface area contributed by atoms with E-state index in [4.69, 9.17) is 9.47 Å². The summed E-state index contributed by atoms with van der Waals surface area (Å²) >= 11 is 0. The average molecular weight is 235 g/mol. The molecule has 0 saturated heterocycles. The van der Waals surface area contributed by atoms with Gasteiger partial charge in [-0.05, 0) is 32.0 Å². The van der Waals surface area contributed by atoms with E-state index in [-0.39, 0.29) is 12.8 Å². The molecule has 0 spiro atoms. The van der Waals surface area contributed by atoms with Gasteiger partial charge in [0.15, 0.2) is 11.5 Å². The molecule has 0 unspecified atom stereocenters. The predicted octanol–water partition coefficient (Wildman–Crippen LogP) is 1.12. The molecule has 0 bridgehead atoms. The summed E-state index contributed by atoms with van der Waals surface area (Å²) in [6.07, 6.45) is 0. The zero-order valence-electron chi connectivity index (χ0n) is 9.65. The van der Waals surface area contributed by atoms with Crippen molar-refractivity contribution in [3.8, 4) is 11.5 Å². The van der Waals surface area contributed by atoms with Crippen molar-refractivity contribution < 1.29 is 19.1 Å². The van der Waals surface area contributed by atoms with Gasteiger partial charge in [0.1, 0.15) is 0 Å². The standard InChI is InChI=1S/C12H13NO4/c1-7(2)13-12(15)11(14)8-3-4-9-10(5-8)17-6-16-9/h3-5,7H,6H2,1-2H3,(H,13,15). The van der Waals surface area contributed by atoms with E-state index in [0.29, 0.717) is 17.1 Å². The molecule has 5 nitrogen and oxygen atoms in total. The van der Waals surface area contributed by atoms with Gasteiger partial charge in [0.2, 0.25) is 12.6 Å². The van der Waals surface area contributed by atoms with Crippen molar-refractivity contribution in [3.05, 3.63) is 23.8 Å². The summed E-state index contributed by atoms with van der Waals surface area (Å²) in [7, 11) is 0. The second kappa shape index (κ2) is 4.45. The fraction of sp³-hybridized carbons (Fsp3) is 0.333. The highest BCUT2D eigenvalue weighted by Crippen LogP contribution is 2.32. The lowest BCUT2D eigenvalue weighted by Gasteiger charge is -2.07. The van der Waals surface area contributed by atoms with Crippen LogP contribution in [0.4, 0.5) is 0 Å². The van der Waals surface area contributed by atoms with E-state index in [9.17, 15) is 9.59 Å². The van der Waals surface area contributed by atoms with Crippen LogP contribution in [0.2, 0.25) is 0 Å².